The second kappa shape index (κ2) is 6.88. The number of amides is 1. The summed E-state index contributed by atoms with van der Waals surface area (Å²) < 4.78 is 1.04. The molecule has 25 heavy (non-hydrogen) atoms. The lowest BCUT2D eigenvalue weighted by Gasteiger charge is -2.10. The van der Waals surface area contributed by atoms with Gasteiger partial charge in [0.1, 0.15) is 5.56 Å². The van der Waals surface area contributed by atoms with Crippen molar-refractivity contribution < 1.29 is 4.79 Å². The predicted octanol–water partition coefficient (Wildman–Crippen LogP) is 3.96. The highest BCUT2D eigenvalue weighted by atomic mass is 35.5. The van der Waals surface area contributed by atoms with Crippen LogP contribution in [0.5, 0.6) is 0 Å². The maximum absolute atomic E-state index is 12.6. The molecule has 0 saturated carbocycles. The maximum Gasteiger partial charge on any atom is 0.284 e. The Bertz CT molecular complexity index is 1010. The SMILES string of the molecule is NC(=O)c1cc(-c2ccc(Cl)cc2)nn(-c2cc(Cl)cc(Cl)c2)c1=O. The van der Waals surface area contributed by atoms with Gasteiger partial charge < -0.3 is 5.73 Å². The average molecular weight is 395 g/mol. The molecule has 0 aliphatic heterocycles. The number of hydrogen-bond acceptors (Lipinski definition) is 3. The summed E-state index contributed by atoms with van der Waals surface area (Å²) in [6, 6.07) is 12.7. The van der Waals surface area contributed by atoms with Crippen LogP contribution >= 0.6 is 34.8 Å². The van der Waals surface area contributed by atoms with Crippen LogP contribution in [0.15, 0.2) is 53.3 Å². The van der Waals surface area contributed by atoms with Crippen LogP contribution < -0.4 is 11.3 Å². The Morgan fingerprint density at radius 2 is 1.52 bits per heavy atom. The van der Waals surface area contributed by atoms with E-state index in [4.69, 9.17) is 40.5 Å². The van der Waals surface area contributed by atoms with Gasteiger partial charge >= 0.3 is 0 Å². The number of aromatic nitrogens is 2. The van der Waals surface area contributed by atoms with Gasteiger partial charge in [-0.2, -0.15) is 9.78 Å². The minimum absolute atomic E-state index is 0.198. The van der Waals surface area contributed by atoms with Gasteiger partial charge in [-0.3, -0.25) is 9.59 Å². The molecular formula is C17H10Cl3N3O2. The van der Waals surface area contributed by atoms with Crippen molar-refractivity contribution in [3.63, 3.8) is 0 Å². The van der Waals surface area contributed by atoms with E-state index in [1.807, 2.05) is 0 Å². The summed E-state index contributed by atoms with van der Waals surface area (Å²) >= 11 is 17.9. The number of carbonyl (C=O) groups excluding carboxylic acids is 1. The zero-order valence-corrected chi connectivity index (χ0v) is 14.8. The fourth-order valence-electron chi connectivity index (χ4n) is 2.27. The molecule has 1 heterocycles. The highest BCUT2D eigenvalue weighted by Crippen LogP contribution is 2.23. The summed E-state index contributed by atoms with van der Waals surface area (Å²) in [5.74, 6) is -0.857. The van der Waals surface area contributed by atoms with Crippen LogP contribution in [0.1, 0.15) is 10.4 Å². The summed E-state index contributed by atoms with van der Waals surface area (Å²) in [4.78, 5) is 24.2. The molecule has 8 heteroatoms. The zero-order chi connectivity index (χ0) is 18.1. The Kier molecular flexibility index (Phi) is 4.81. The number of hydrogen-bond donors (Lipinski definition) is 1. The van der Waals surface area contributed by atoms with Gasteiger partial charge in [-0.1, -0.05) is 46.9 Å². The molecule has 0 fully saturated rings. The summed E-state index contributed by atoms with van der Waals surface area (Å²) in [5, 5.41) is 5.51. The Morgan fingerprint density at radius 3 is 2.08 bits per heavy atom. The van der Waals surface area contributed by atoms with E-state index in [1.54, 1.807) is 24.3 Å². The predicted molar refractivity (Wildman–Crippen MR) is 98.8 cm³/mol. The summed E-state index contributed by atoms with van der Waals surface area (Å²) in [7, 11) is 0. The maximum atomic E-state index is 12.6. The Morgan fingerprint density at radius 1 is 0.920 bits per heavy atom. The van der Waals surface area contributed by atoms with Gasteiger partial charge in [0.15, 0.2) is 0 Å². The molecule has 5 nitrogen and oxygen atoms in total. The number of rotatable bonds is 3. The fraction of sp³-hybridized carbons (Fsp3) is 0. The molecule has 2 aromatic carbocycles. The van der Waals surface area contributed by atoms with E-state index in [0.717, 1.165) is 4.68 Å². The van der Waals surface area contributed by atoms with Gasteiger partial charge in [-0.15, -0.1) is 0 Å². The molecule has 0 spiro atoms. The van der Waals surface area contributed by atoms with E-state index in [-0.39, 0.29) is 5.56 Å². The normalized spacial score (nSPS) is 10.7. The Hall–Kier alpha value is -2.34. The molecule has 2 N–H and O–H groups in total. The third-order valence-corrected chi connectivity index (χ3v) is 4.10. The van der Waals surface area contributed by atoms with E-state index < -0.39 is 11.5 Å². The topological polar surface area (TPSA) is 78.0 Å². The number of halogens is 3. The number of carbonyl (C=O) groups is 1. The molecule has 0 radical (unpaired) electrons. The van der Waals surface area contributed by atoms with Crippen LogP contribution in [-0.4, -0.2) is 15.7 Å². The molecule has 0 atom stereocenters. The van der Waals surface area contributed by atoms with Crippen LogP contribution in [0.2, 0.25) is 15.1 Å². The fourth-order valence-corrected chi connectivity index (χ4v) is 2.91. The second-order valence-electron chi connectivity index (χ2n) is 5.16. The van der Waals surface area contributed by atoms with Crippen molar-refractivity contribution in [2.24, 2.45) is 5.73 Å². The first-order valence-corrected chi connectivity index (χ1v) is 8.15. The van der Waals surface area contributed by atoms with Gasteiger partial charge in [0, 0.05) is 20.6 Å². The molecule has 3 rings (SSSR count). The van der Waals surface area contributed by atoms with Crippen LogP contribution in [0.3, 0.4) is 0 Å². The molecule has 0 aliphatic carbocycles. The van der Waals surface area contributed by atoms with Gasteiger partial charge in [-0.05, 0) is 36.4 Å². The van der Waals surface area contributed by atoms with Gasteiger partial charge in [0.25, 0.3) is 11.5 Å². The van der Waals surface area contributed by atoms with Crippen LogP contribution in [0.25, 0.3) is 16.9 Å². The van der Waals surface area contributed by atoms with Gasteiger partial charge in [0.2, 0.25) is 0 Å². The smallest absolute Gasteiger partial charge is 0.284 e. The third-order valence-electron chi connectivity index (χ3n) is 3.41. The molecule has 126 valence electrons. The van der Waals surface area contributed by atoms with E-state index in [2.05, 4.69) is 5.10 Å². The first-order chi connectivity index (χ1) is 11.8. The van der Waals surface area contributed by atoms with Crippen molar-refractivity contribution in [2.75, 3.05) is 0 Å². The lowest BCUT2D eigenvalue weighted by Crippen LogP contribution is -2.30. The molecule has 0 aliphatic rings. The first-order valence-electron chi connectivity index (χ1n) is 7.02. The van der Waals surface area contributed by atoms with Crippen molar-refractivity contribution in [1.29, 1.82) is 0 Å². The Labute approximate surface area is 157 Å². The molecule has 0 saturated heterocycles. The van der Waals surface area contributed by atoms with Crippen LogP contribution in [-0.2, 0) is 0 Å². The van der Waals surface area contributed by atoms with Crippen molar-refractivity contribution in [3.8, 4) is 16.9 Å². The zero-order valence-electron chi connectivity index (χ0n) is 12.5. The molecule has 1 amide bonds. The van der Waals surface area contributed by atoms with E-state index in [9.17, 15) is 9.59 Å². The minimum Gasteiger partial charge on any atom is -0.365 e. The van der Waals surface area contributed by atoms with Crippen molar-refractivity contribution in [3.05, 3.63) is 79.5 Å². The van der Waals surface area contributed by atoms with Crippen LogP contribution in [0, 0.1) is 0 Å². The number of primary amides is 1. The van der Waals surface area contributed by atoms with Gasteiger partial charge in [-0.25, -0.2) is 0 Å². The monoisotopic (exact) mass is 393 g/mol. The minimum atomic E-state index is -0.857. The van der Waals surface area contributed by atoms with Gasteiger partial charge in [0.05, 0.1) is 11.4 Å². The van der Waals surface area contributed by atoms with Crippen molar-refractivity contribution in [1.82, 2.24) is 9.78 Å². The third kappa shape index (κ3) is 3.69. The summed E-state index contributed by atoms with van der Waals surface area (Å²) in [6.07, 6.45) is 0. The quantitative estimate of drug-likeness (QED) is 0.730. The highest BCUT2D eigenvalue weighted by Gasteiger charge is 2.16. The average Bonchev–Trinajstić information content (AvgIpc) is 2.54. The summed E-state index contributed by atoms with van der Waals surface area (Å²) in [6.45, 7) is 0. The molecule has 1 aromatic heterocycles. The molecule has 0 unspecified atom stereocenters. The number of nitrogens with zero attached hydrogens (tertiary/aromatic N) is 2. The first kappa shape index (κ1) is 17.5. The summed E-state index contributed by atoms with van der Waals surface area (Å²) in [5.41, 5.74) is 5.83. The van der Waals surface area contributed by atoms with E-state index in [0.29, 0.717) is 32.0 Å². The van der Waals surface area contributed by atoms with E-state index in [1.165, 1.54) is 24.3 Å². The lowest BCUT2D eigenvalue weighted by atomic mass is 10.1. The molecule has 0 bridgehead atoms. The molecular weight excluding hydrogens is 385 g/mol. The highest BCUT2D eigenvalue weighted by molar-refractivity contribution is 6.34. The second-order valence-corrected chi connectivity index (χ2v) is 6.47. The molecule has 3 aromatic rings. The van der Waals surface area contributed by atoms with Crippen molar-refractivity contribution >= 4 is 40.7 Å². The van der Waals surface area contributed by atoms with Crippen LogP contribution in [0.4, 0.5) is 0 Å². The lowest BCUT2D eigenvalue weighted by molar-refractivity contribution is 0.0998. The Balaban J connectivity index is 2.29. The van der Waals surface area contributed by atoms with Crippen molar-refractivity contribution in [2.45, 2.75) is 0 Å². The standard InChI is InChI=1S/C17H10Cl3N3O2/c18-10-3-1-9(2-4-10)15-8-14(16(21)24)17(25)23(22-15)13-6-11(19)5-12(20)7-13/h1-8H,(H2,21,24). The van der Waals surface area contributed by atoms with E-state index >= 15 is 0 Å². The largest absolute Gasteiger partial charge is 0.365 e. The number of benzene rings is 2. The number of nitrogens with two attached hydrogens (primary N) is 1.